The number of nitriles is 1. The number of nitrogens with zero attached hydrogens (tertiary/aromatic N) is 1. The van der Waals surface area contributed by atoms with Crippen molar-refractivity contribution in [2.45, 2.75) is 25.4 Å². The van der Waals surface area contributed by atoms with Crippen molar-refractivity contribution in [1.82, 2.24) is 5.32 Å². The minimum Gasteiger partial charge on any atom is -0.446 e. The Balaban J connectivity index is 1.95. The van der Waals surface area contributed by atoms with E-state index in [0.717, 1.165) is 33.8 Å². The number of carbonyl (C=O) groups excluding carboxylic acids is 1. The number of fused-ring (bicyclic) bond motifs is 1. The van der Waals surface area contributed by atoms with Crippen molar-refractivity contribution in [1.29, 1.82) is 5.26 Å². The van der Waals surface area contributed by atoms with Crippen LogP contribution in [0.2, 0.25) is 0 Å². The number of methoxy groups -OCH3 is 1. The Labute approximate surface area is 128 Å². The highest BCUT2D eigenvalue weighted by atomic mass is 32.1. The molecule has 0 aliphatic heterocycles. The van der Waals surface area contributed by atoms with Crippen LogP contribution in [0.25, 0.3) is 0 Å². The zero-order valence-electron chi connectivity index (χ0n) is 12.2. The molecule has 1 unspecified atom stereocenters. The lowest BCUT2D eigenvalue weighted by Crippen LogP contribution is -2.33. The SMILES string of the molecule is CNc1sc2c(c1C#N)CCC(OC(=O)NCCOC)C2. The van der Waals surface area contributed by atoms with Gasteiger partial charge in [0.1, 0.15) is 17.2 Å². The zero-order valence-corrected chi connectivity index (χ0v) is 13.0. The molecule has 1 atom stereocenters. The molecule has 0 spiro atoms. The molecule has 0 bridgehead atoms. The smallest absolute Gasteiger partial charge is 0.407 e. The summed E-state index contributed by atoms with van der Waals surface area (Å²) >= 11 is 1.57. The predicted molar refractivity (Wildman–Crippen MR) is 80.8 cm³/mol. The first-order chi connectivity index (χ1) is 10.2. The first kappa shape index (κ1) is 15.6. The van der Waals surface area contributed by atoms with Crippen molar-refractivity contribution in [2.24, 2.45) is 0 Å². The highest BCUT2D eigenvalue weighted by Crippen LogP contribution is 2.37. The fourth-order valence-electron chi connectivity index (χ4n) is 2.40. The second-order valence-electron chi connectivity index (χ2n) is 4.76. The van der Waals surface area contributed by atoms with Gasteiger partial charge in [0.15, 0.2) is 0 Å². The van der Waals surface area contributed by atoms with Gasteiger partial charge in [0.2, 0.25) is 0 Å². The largest absolute Gasteiger partial charge is 0.446 e. The van der Waals surface area contributed by atoms with Crippen LogP contribution in [0.4, 0.5) is 9.80 Å². The summed E-state index contributed by atoms with van der Waals surface area (Å²) < 4.78 is 10.3. The number of hydrogen-bond acceptors (Lipinski definition) is 6. The van der Waals surface area contributed by atoms with Gasteiger partial charge in [-0.25, -0.2) is 4.79 Å². The summed E-state index contributed by atoms with van der Waals surface area (Å²) in [4.78, 5) is 12.8. The van der Waals surface area contributed by atoms with Crippen LogP contribution >= 0.6 is 11.3 Å². The van der Waals surface area contributed by atoms with Crippen LogP contribution in [-0.2, 0) is 22.3 Å². The maximum atomic E-state index is 11.6. The number of hydrogen-bond donors (Lipinski definition) is 2. The van der Waals surface area contributed by atoms with Crippen LogP contribution in [0.5, 0.6) is 0 Å². The Morgan fingerprint density at radius 1 is 1.57 bits per heavy atom. The van der Waals surface area contributed by atoms with Crippen LogP contribution in [0.3, 0.4) is 0 Å². The molecule has 2 rings (SSSR count). The average molecular weight is 309 g/mol. The molecule has 1 aromatic heterocycles. The van der Waals surface area contributed by atoms with E-state index >= 15 is 0 Å². The molecule has 1 aromatic rings. The molecule has 0 fully saturated rings. The van der Waals surface area contributed by atoms with E-state index in [1.54, 1.807) is 18.4 Å². The maximum absolute atomic E-state index is 11.6. The molecule has 21 heavy (non-hydrogen) atoms. The van der Waals surface area contributed by atoms with Gasteiger partial charge in [-0.1, -0.05) is 0 Å². The lowest BCUT2D eigenvalue weighted by atomic mass is 9.94. The summed E-state index contributed by atoms with van der Waals surface area (Å²) in [5.74, 6) is 0. The molecular formula is C14H19N3O3S. The van der Waals surface area contributed by atoms with Gasteiger partial charge in [0.05, 0.1) is 12.2 Å². The van der Waals surface area contributed by atoms with Gasteiger partial charge in [-0.05, 0) is 18.4 Å². The second kappa shape index (κ2) is 7.29. The zero-order chi connectivity index (χ0) is 15.2. The first-order valence-electron chi connectivity index (χ1n) is 6.85. The Morgan fingerprint density at radius 3 is 3.05 bits per heavy atom. The molecule has 6 nitrogen and oxygen atoms in total. The third kappa shape index (κ3) is 3.65. The van der Waals surface area contributed by atoms with Gasteiger partial charge >= 0.3 is 6.09 Å². The Hall–Kier alpha value is -1.78. The Bertz CT molecular complexity index is 550. The number of carbonyl (C=O) groups is 1. The molecule has 2 N–H and O–H groups in total. The normalized spacial score (nSPS) is 16.7. The van der Waals surface area contributed by atoms with Gasteiger partial charge in [-0.2, -0.15) is 5.26 Å². The molecule has 1 aliphatic rings. The van der Waals surface area contributed by atoms with E-state index in [1.165, 1.54) is 0 Å². The lowest BCUT2D eigenvalue weighted by Gasteiger charge is -2.22. The molecule has 7 heteroatoms. The first-order valence-corrected chi connectivity index (χ1v) is 7.67. The van der Waals surface area contributed by atoms with Crippen LogP contribution in [0.15, 0.2) is 0 Å². The highest BCUT2D eigenvalue weighted by Gasteiger charge is 2.27. The van der Waals surface area contributed by atoms with E-state index in [1.807, 2.05) is 7.05 Å². The Morgan fingerprint density at radius 2 is 2.38 bits per heavy atom. The summed E-state index contributed by atoms with van der Waals surface area (Å²) in [5.41, 5.74) is 1.84. The molecule has 0 radical (unpaired) electrons. The number of thiophene rings is 1. The highest BCUT2D eigenvalue weighted by molar-refractivity contribution is 7.16. The van der Waals surface area contributed by atoms with Gasteiger partial charge in [0, 0.05) is 32.0 Å². The van der Waals surface area contributed by atoms with Crippen LogP contribution < -0.4 is 10.6 Å². The maximum Gasteiger partial charge on any atom is 0.407 e. The molecule has 114 valence electrons. The third-order valence-electron chi connectivity index (χ3n) is 3.41. The number of ether oxygens (including phenoxy) is 2. The van der Waals surface area contributed by atoms with E-state index in [9.17, 15) is 10.1 Å². The molecule has 0 aromatic carbocycles. The van der Waals surface area contributed by atoms with Gasteiger partial charge in [0.25, 0.3) is 0 Å². The second-order valence-corrected chi connectivity index (χ2v) is 5.86. The summed E-state index contributed by atoms with van der Waals surface area (Å²) in [6.45, 7) is 0.903. The van der Waals surface area contributed by atoms with E-state index in [-0.39, 0.29) is 6.10 Å². The summed E-state index contributed by atoms with van der Waals surface area (Å²) in [7, 11) is 3.40. The Kier molecular flexibility index (Phi) is 5.42. The van der Waals surface area contributed by atoms with Gasteiger partial charge in [-0.15, -0.1) is 11.3 Å². The van der Waals surface area contributed by atoms with Crippen molar-refractivity contribution in [3.8, 4) is 6.07 Å². The topological polar surface area (TPSA) is 83.4 Å². The molecule has 1 heterocycles. The van der Waals surface area contributed by atoms with Gasteiger partial charge in [-0.3, -0.25) is 0 Å². The van der Waals surface area contributed by atoms with Crippen molar-refractivity contribution < 1.29 is 14.3 Å². The van der Waals surface area contributed by atoms with Gasteiger partial charge < -0.3 is 20.1 Å². The van der Waals surface area contributed by atoms with E-state index in [4.69, 9.17) is 9.47 Å². The molecule has 1 aliphatic carbocycles. The lowest BCUT2D eigenvalue weighted by molar-refractivity contribution is 0.0875. The standard InChI is InChI=1S/C14H19N3O3S/c1-16-13-11(8-15)10-4-3-9(7-12(10)21-13)20-14(18)17-5-6-19-2/h9,16H,3-7H2,1-2H3,(H,17,18). The quantitative estimate of drug-likeness (QED) is 0.812. The summed E-state index contributed by atoms with van der Waals surface area (Å²) in [6.07, 6.45) is 1.65. The molecule has 1 amide bonds. The molecule has 0 saturated carbocycles. The monoisotopic (exact) mass is 309 g/mol. The summed E-state index contributed by atoms with van der Waals surface area (Å²) in [6, 6.07) is 2.26. The number of anilines is 1. The van der Waals surface area contributed by atoms with Crippen LogP contribution in [-0.4, -0.2) is 39.5 Å². The van der Waals surface area contributed by atoms with E-state index < -0.39 is 6.09 Å². The fraction of sp³-hybridized carbons (Fsp3) is 0.571. The molecular weight excluding hydrogens is 290 g/mol. The number of amides is 1. The average Bonchev–Trinajstić information content (AvgIpc) is 2.84. The van der Waals surface area contributed by atoms with Crippen LogP contribution in [0, 0.1) is 11.3 Å². The fourth-order valence-corrected chi connectivity index (χ4v) is 3.61. The number of rotatable bonds is 5. The van der Waals surface area contributed by atoms with Crippen molar-refractivity contribution in [3.05, 3.63) is 16.0 Å². The predicted octanol–water partition coefficient (Wildman–Crippen LogP) is 1.89. The van der Waals surface area contributed by atoms with Crippen molar-refractivity contribution >= 4 is 22.4 Å². The molecule has 0 saturated heterocycles. The van der Waals surface area contributed by atoms with Crippen molar-refractivity contribution in [2.75, 3.05) is 32.6 Å². The van der Waals surface area contributed by atoms with E-state index in [2.05, 4.69) is 16.7 Å². The number of alkyl carbamates (subject to hydrolysis) is 1. The minimum absolute atomic E-state index is 0.130. The number of nitrogens with one attached hydrogen (secondary N) is 2. The third-order valence-corrected chi connectivity index (χ3v) is 4.68. The van der Waals surface area contributed by atoms with Crippen LogP contribution in [0.1, 0.15) is 22.4 Å². The van der Waals surface area contributed by atoms with Crippen molar-refractivity contribution in [3.63, 3.8) is 0 Å². The summed E-state index contributed by atoms with van der Waals surface area (Å²) in [5, 5.41) is 15.8. The minimum atomic E-state index is -0.411. The van der Waals surface area contributed by atoms with E-state index in [0.29, 0.717) is 19.6 Å².